The summed E-state index contributed by atoms with van der Waals surface area (Å²) in [5.74, 6) is 0. The molecule has 100 valence electrons. The van der Waals surface area contributed by atoms with Gasteiger partial charge in [-0.25, -0.2) is 4.79 Å². The Labute approximate surface area is 115 Å². The molecule has 1 aliphatic rings. The van der Waals surface area contributed by atoms with Gasteiger partial charge in [0.25, 0.3) is 5.56 Å². The van der Waals surface area contributed by atoms with Crippen LogP contribution in [0.1, 0.15) is 29.5 Å². The Balaban J connectivity index is 2.27. The molecule has 0 unspecified atom stereocenters. The number of rotatable bonds is 1. The monoisotopic (exact) mass is 267 g/mol. The quantitative estimate of drug-likeness (QED) is 0.845. The number of nitrogens with one attached hydrogen (secondary N) is 1. The summed E-state index contributed by atoms with van der Waals surface area (Å²) >= 11 is 0. The van der Waals surface area contributed by atoms with Gasteiger partial charge >= 0.3 is 5.69 Å². The average Bonchev–Trinajstić information content (AvgIpc) is 2.47. The van der Waals surface area contributed by atoms with Crippen molar-refractivity contribution in [2.75, 3.05) is 0 Å². The second-order valence-electron chi connectivity index (χ2n) is 4.91. The molecule has 0 amide bonds. The molecule has 1 N–H and O–H groups in total. The molecule has 0 saturated carbocycles. The smallest absolute Gasteiger partial charge is 0.273 e. The minimum Gasteiger partial charge on any atom is -0.273 e. The first kappa shape index (κ1) is 12.4. The van der Waals surface area contributed by atoms with Crippen LogP contribution in [0.4, 0.5) is 0 Å². The zero-order valence-corrected chi connectivity index (χ0v) is 10.8. The van der Waals surface area contributed by atoms with Crippen molar-refractivity contribution < 1.29 is 0 Å². The van der Waals surface area contributed by atoms with Gasteiger partial charge in [-0.3, -0.25) is 14.3 Å². The molecule has 0 aliphatic heterocycles. The zero-order valence-electron chi connectivity index (χ0n) is 10.8. The molecule has 1 heterocycles. The summed E-state index contributed by atoms with van der Waals surface area (Å²) in [5.41, 5.74) is 1.94. The third-order valence-corrected chi connectivity index (χ3v) is 3.69. The maximum atomic E-state index is 12.0. The number of fused-ring (bicyclic) bond motifs is 1. The standard InChI is InChI=1S/C15H13N3O2/c16-8-11-9-18(15(20)17-14(11)19)13-7-3-5-10-4-1-2-6-12(10)13/h3,5,7,9H,1-2,4,6H2,(H,17,19,20). The van der Waals surface area contributed by atoms with Crippen molar-refractivity contribution >= 4 is 0 Å². The van der Waals surface area contributed by atoms with Crippen molar-refractivity contribution in [3.8, 4) is 11.8 Å². The Kier molecular flexibility index (Phi) is 2.99. The zero-order chi connectivity index (χ0) is 14.1. The van der Waals surface area contributed by atoms with E-state index in [9.17, 15) is 9.59 Å². The topological polar surface area (TPSA) is 78.7 Å². The summed E-state index contributed by atoms with van der Waals surface area (Å²) in [4.78, 5) is 25.6. The fraction of sp³-hybridized carbons (Fsp3) is 0.267. The summed E-state index contributed by atoms with van der Waals surface area (Å²) in [5, 5.41) is 8.93. The molecular formula is C15H13N3O2. The first-order valence-corrected chi connectivity index (χ1v) is 6.58. The molecule has 1 aromatic carbocycles. The van der Waals surface area contributed by atoms with Gasteiger partial charge in [0.2, 0.25) is 0 Å². The first-order valence-electron chi connectivity index (χ1n) is 6.58. The highest BCUT2D eigenvalue weighted by atomic mass is 16.2. The third-order valence-electron chi connectivity index (χ3n) is 3.69. The number of aryl methyl sites for hydroxylation is 1. The van der Waals surface area contributed by atoms with Crippen molar-refractivity contribution in [3.05, 3.63) is 61.9 Å². The second kappa shape index (κ2) is 4.82. The number of nitrogens with zero attached hydrogens (tertiary/aromatic N) is 2. The Morgan fingerprint density at radius 3 is 2.80 bits per heavy atom. The fourth-order valence-electron chi connectivity index (χ4n) is 2.72. The van der Waals surface area contributed by atoms with Crippen molar-refractivity contribution in [1.82, 2.24) is 9.55 Å². The van der Waals surface area contributed by atoms with Gasteiger partial charge in [-0.1, -0.05) is 12.1 Å². The van der Waals surface area contributed by atoms with Gasteiger partial charge in [-0.2, -0.15) is 5.26 Å². The van der Waals surface area contributed by atoms with Crippen LogP contribution < -0.4 is 11.2 Å². The molecule has 20 heavy (non-hydrogen) atoms. The maximum absolute atomic E-state index is 12.0. The molecule has 0 fully saturated rings. The van der Waals surface area contributed by atoms with E-state index >= 15 is 0 Å². The van der Waals surface area contributed by atoms with Crippen LogP contribution in [0, 0.1) is 11.3 Å². The van der Waals surface area contributed by atoms with Gasteiger partial charge in [-0.15, -0.1) is 0 Å². The van der Waals surface area contributed by atoms with E-state index in [-0.39, 0.29) is 5.56 Å². The summed E-state index contributed by atoms with van der Waals surface area (Å²) in [6, 6.07) is 7.64. The van der Waals surface area contributed by atoms with Crippen LogP contribution in [0.2, 0.25) is 0 Å². The number of hydrogen-bond acceptors (Lipinski definition) is 3. The number of nitriles is 1. The molecule has 0 bridgehead atoms. The summed E-state index contributed by atoms with van der Waals surface area (Å²) in [7, 11) is 0. The average molecular weight is 267 g/mol. The Morgan fingerprint density at radius 2 is 2.00 bits per heavy atom. The molecule has 0 radical (unpaired) electrons. The van der Waals surface area contributed by atoms with Crippen molar-refractivity contribution in [2.45, 2.75) is 25.7 Å². The Bertz CT molecular complexity index is 824. The van der Waals surface area contributed by atoms with E-state index in [1.54, 1.807) is 0 Å². The molecule has 0 atom stereocenters. The van der Waals surface area contributed by atoms with Crippen LogP contribution in [0.5, 0.6) is 0 Å². The number of hydrogen-bond donors (Lipinski definition) is 1. The molecule has 3 rings (SSSR count). The number of aromatic amines is 1. The van der Waals surface area contributed by atoms with Crippen LogP contribution in [-0.2, 0) is 12.8 Å². The van der Waals surface area contributed by atoms with Crippen LogP contribution >= 0.6 is 0 Å². The van der Waals surface area contributed by atoms with E-state index in [1.807, 2.05) is 18.2 Å². The van der Waals surface area contributed by atoms with Gasteiger partial charge in [-0.05, 0) is 42.9 Å². The van der Waals surface area contributed by atoms with Gasteiger partial charge in [0.1, 0.15) is 11.6 Å². The number of H-pyrrole nitrogens is 1. The maximum Gasteiger partial charge on any atom is 0.332 e. The van der Waals surface area contributed by atoms with E-state index in [0.717, 1.165) is 36.9 Å². The Hall–Kier alpha value is -2.61. The largest absolute Gasteiger partial charge is 0.332 e. The lowest BCUT2D eigenvalue weighted by Gasteiger charge is -2.19. The van der Waals surface area contributed by atoms with Crippen LogP contribution in [0.15, 0.2) is 34.0 Å². The normalized spacial score (nSPS) is 13.6. The van der Waals surface area contributed by atoms with Crippen LogP contribution in [0.25, 0.3) is 5.69 Å². The molecule has 0 saturated heterocycles. The number of benzene rings is 1. The highest BCUT2D eigenvalue weighted by Gasteiger charge is 2.15. The molecule has 0 spiro atoms. The molecule has 5 heteroatoms. The lowest BCUT2D eigenvalue weighted by atomic mass is 9.90. The van der Waals surface area contributed by atoms with Crippen molar-refractivity contribution in [3.63, 3.8) is 0 Å². The highest BCUT2D eigenvalue weighted by Crippen LogP contribution is 2.26. The van der Waals surface area contributed by atoms with Gasteiger partial charge in [0.15, 0.2) is 0 Å². The van der Waals surface area contributed by atoms with Crippen molar-refractivity contribution in [2.24, 2.45) is 0 Å². The van der Waals surface area contributed by atoms with Gasteiger partial charge in [0.05, 0.1) is 5.69 Å². The molecular weight excluding hydrogens is 254 g/mol. The molecule has 2 aromatic rings. The van der Waals surface area contributed by atoms with E-state index < -0.39 is 11.2 Å². The lowest BCUT2D eigenvalue weighted by Crippen LogP contribution is -2.30. The van der Waals surface area contributed by atoms with Gasteiger partial charge in [0, 0.05) is 6.20 Å². The van der Waals surface area contributed by atoms with E-state index in [4.69, 9.17) is 5.26 Å². The van der Waals surface area contributed by atoms with E-state index in [0.29, 0.717) is 0 Å². The SMILES string of the molecule is N#Cc1cn(-c2cccc3c2CCCC3)c(=O)[nH]c1=O. The minimum atomic E-state index is -0.640. The highest BCUT2D eigenvalue weighted by molar-refractivity contribution is 5.47. The molecule has 1 aliphatic carbocycles. The second-order valence-corrected chi connectivity index (χ2v) is 4.91. The van der Waals surface area contributed by atoms with Crippen molar-refractivity contribution in [1.29, 1.82) is 5.26 Å². The summed E-state index contributed by atoms with van der Waals surface area (Å²) in [6.07, 6.45) is 5.49. The summed E-state index contributed by atoms with van der Waals surface area (Å²) in [6.45, 7) is 0. The predicted octanol–water partition coefficient (Wildman–Crippen LogP) is 1.28. The first-order chi connectivity index (χ1) is 9.70. The molecule has 5 nitrogen and oxygen atoms in total. The predicted molar refractivity (Wildman–Crippen MR) is 74.0 cm³/mol. The minimum absolute atomic E-state index is 0.0574. The Morgan fingerprint density at radius 1 is 1.20 bits per heavy atom. The third kappa shape index (κ3) is 1.95. The fourth-order valence-corrected chi connectivity index (χ4v) is 2.72. The van der Waals surface area contributed by atoms with Crippen LogP contribution in [0.3, 0.4) is 0 Å². The van der Waals surface area contributed by atoms with Gasteiger partial charge < -0.3 is 0 Å². The van der Waals surface area contributed by atoms with E-state index in [2.05, 4.69) is 11.1 Å². The van der Waals surface area contributed by atoms with E-state index in [1.165, 1.54) is 16.3 Å². The van der Waals surface area contributed by atoms with Crippen LogP contribution in [-0.4, -0.2) is 9.55 Å². The number of aromatic nitrogens is 2. The summed E-state index contributed by atoms with van der Waals surface area (Å²) < 4.78 is 1.37. The molecule has 1 aromatic heterocycles. The lowest BCUT2D eigenvalue weighted by molar-refractivity contribution is 0.678.